The normalized spacial score (nSPS) is 25.2. The van der Waals surface area contributed by atoms with Gasteiger partial charge in [0.05, 0.1) is 19.3 Å². The number of nitrogens with one attached hydrogen (secondary N) is 1. The van der Waals surface area contributed by atoms with Gasteiger partial charge in [-0.2, -0.15) is 5.26 Å². The summed E-state index contributed by atoms with van der Waals surface area (Å²) in [5.74, 6) is -0.154. The van der Waals surface area contributed by atoms with Crippen molar-refractivity contribution >= 4 is 5.91 Å². The quantitative estimate of drug-likeness (QED) is 0.618. The lowest BCUT2D eigenvalue weighted by Crippen LogP contribution is -2.53. The van der Waals surface area contributed by atoms with Gasteiger partial charge in [0.25, 0.3) is 0 Å². The molecule has 1 saturated heterocycles. The van der Waals surface area contributed by atoms with E-state index in [1.807, 2.05) is 6.07 Å². The molecule has 1 heterocycles. The van der Waals surface area contributed by atoms with Crippen molar-refractivity contribution in [2.45, 2.75) is 18.9 Å². The molecule has 1 aliphatic carbocycles. The van der Waals surface area contributed by atoms with Gasteiger partial charge in [0.1, 0.15) is 0 Å². The molecule has 1 amide bonds. The van der Waals surface area contributed by atoms with E-state index in [9.17, 15) is 4.79 Å². The van der Waals surface area contributed by atoms with E-state index in [4.69, 9.17) is 10.00 Å². The summed E-state index contributed by atoms with van der Waals surface area (Å²) in [5.41, 5.74) is -0.872. The maximum Gasteiger partial charge on any atom is 0.245 e. The topological polar surface area (TPSA) is 62.1 Å². The molecule has 2 aliphatic rings. The lowest BCUT2D eigenvalue weighted by atomic mass is 9.87. The molecule has 0 unspecified atom stereocenters. The predicted octanol–water partition coefficient (Wildman–Crippen LogP) is -0.195. The smallest absolute Gasteiger partial charge is 0.245 e. The molecule has 0 radical (unpaired) electrons. The van der Waals surface area contributed by atoms with E-state index in [-0.39, 0.29) is 19.1 Å². The third-order valence-electron chi connectivity index (χ3n) is 2.26. The molecule has 0 atom stereocenters. The number of amides is 1. The molecule has 1 N–H and O–H groups in total. The Bertz CT molecular complexity index is 248. The van der Waals surface area contributed by atoms with Gasteiger partial charge >= 0.3 is 0 Å². The Morgan fingerprint density at radius 3 is 2.58 bits per heavy atom. The molecule has 64 valence electrons. The summed E-state index contributed by atoms with van der Waals surface area (Å²) in [7, 11) is 0. The van der Waals surface area contributed by atoms with Gasteiger partial charge in [-0.1, -0.05) is 0 Å². The first-order valence-corrected chi connectivity index (χ1v) is 4.07. The number of carbonyl (C=O) groups is 1. The van der Waals surface area contributed by atoms with Crippen LogP contribution in [0.1, 0.15) is 12.8 Å². The molecular formula is C8H10N2O2. The standard InChI is InChI=1S/C8H10N2O2/c9-3-8(4-12-5-8)7(11)10-6-1-2-6/h6H,1-2,4-5H2,(H,10,11). The highest BCUT2D eigenvalue weighted by Crippen LogP contribution is 2.28. The average molecular weight is 166 g/mol. The second kappa shape index (κ2) is 2.46. The monoisotopic (exact) mass is 166 g/mol. The molecule has 2 fully saturated rings. The van der Waals surface area contributed by atoms with Crippen molar-refractivity contribution in [3.05, 3.63) is 0 Å². The molecule has 4 nitrogen and oxygen atoms in total. The van der Waals surface area contributed by atoms with Gasteiger partial charge in [0.15, 0.2) is 5.41 Å². The van der Waals surface area contributed by atoms with Crippen LogP contribution >= 0.6 is 0 Å². The summed E-state index contributed by atoms with van der Waals surface area (Å²) in [6, 6.07) is 2.33. The molecular weight excluding hydrogens is 156 g/mol. The Morgan fingerprint density at radius 1 is 1.58 bits per heavy atom. The van der Waals surface area contributed by atoms with Crippen LogP contribution in [0.25, 0.3) is 0 Å². The average Bonchev–Trinajstić information content (AvgIpc) is 2.70. The van der Waals surface area contributed by atoms with Crippen molar-refractivity contribution in [1.29, 1.82) is 5.26 Å². The Kier molecular flexibility index (Phi) is 1.55. The van der Waals surface area contributed by atoms with Crippen LogP contribution in [-0.2, 0) is 9.53 Å². The predicted molar refractivity (Wildman–Crippen MR) is 40.0 cm³/mol. The third kappa shape index (κ3) is 1.07. The van der Waals surface area contributed by atoms with E-state index in [2.05, 4.69) is 5.32 Å². The number of hydrogen-bond donors (Lipinski definition) is 1. The van der Waals surface area contributed by atoms with Crippen LogP contribution in [0.2, 0.25) is 0 Å². The summed E-state index contributed by atoms with van der Waals surface area (Å²) in [4.78, 5) is 11.4. The number of nitrogens with zero attached hydrogens (tertiary/aromatic N) is 1. The molecule has 0 aromatic carbocycles. The second-order valence-corrected chi connectivity index (χ2v) is 3.43. The molecule has 2 rings (SSSR count). The molecule has 0 aromatic heterocycles. The van der Waals surface area contributed by atoms with Gasteiger partial charge < -0.3 is 10.1 Å². The SMILES string of the molecule is N#CC1(C(=O)NC2CC2)COC1. The minimum absolute atomic E-state index is 0.154. The van der Waals surface area contributed by atoms with Crippen LogP contribution < -0.4 is 5.32 Å². The summed E-state index contributed by atoms with van der Waals surface area (Å²) < 4.78 is 4.87. The minimum atomic E-state index is -0.872. The largest absolute Gasteiger partial charge is 0.377 e. The summed E-state index contributed by atoms with van der Waals surface area (Å²) in [6.07, 6.45) is 2.10. The van der Waals surface area contributed by atoms with Gasteiger partial charge in [0.2, 0.25) is 5.91 Å². The van der Waals surface area contributed by atoms with E-state index in [1.165, 1.54) is 0 Å². The Hall–Kier alpha value is -1.08. The van der Waals surface area contributed by atoms with Crippen LogP contribution in [0.15, 0.2) is 0 Å². The number of hydrogen-bond acceptors (Lipinski definition) is 3. The van der Waals surface area contributed by atoms with E-state index in [0.717, 1.165) is 12.8 Å². The van der Waals surface area contributed by atoms with Gasteiger partial charge in [-0.05, 0) is 12.8 Å². The fourth-order valence-corrected chi connectivity index (χ4v) is 1.10. The van der Waals surface area contributed by atoms with Gasteiger partial charge in [-0.15, -0.1) is 0 Å². The molecule has 0 spiro atoms. The molecule has 4 heteroatoms. The number of carbonyl (C=O) groups excluding carboxylic acids is 1. The summed E-state index contributed by atoms with van der Waals surface area (Å²) >= 11 is 0. The van der Waals surface area contributed by atoms with E-state index < -0.39 is 5.41 Å². The van der Waals surface area contributed by atoms with Crippen LogP contribution in [0, 0.1) is 16.7 Å². The Balaban J connectivity index is 1.96. The van der Waals surface area contributed by atoms with Gasteiger partial charge in [-0.25, -0.2) is 0 Å². The third-order valence-corrected chi connectivity index (χ3v) is 2.26. The van der Waals surface area contributed by atoms with Crippen LogP contribution in [0.4, 0.5) is 0 Å². The van der Waals surface area contributed by atoms with Crippen molar-refractivity contribution in [1.82, 2.24) is 5.32 Å². The first-order valence-electron chi connectivity index (χ1n) is 4.07. The highest BCUT2D eigenvalue weighted by Gasteiger charge is 2.47. The number of ether oxygens (including phenoxy) is 1. The van der Waals surface area contributed by atoms with E-state index >= 15 is 0 Å². The van der Waals surface area contributed by atoms with E-state index in [0.29, 0.717) is 6.04 Å². The van der Waals surface area contributed by atoms with Crippen molar-refractivity contribution in [3.63, 3.8) is 0 Å². The van der Waals surface area contributed by atoms with Crippen molar-refractivity contribution in [3.8, 4) is 6.07 Å². The lowest BCUT2D eigenvalue weighted by Gasteiger charge is -2.33. The second-order valence-electron chi connectivity index (χ2n) is 3.43. The highest BCUT2D eigenvalue weighted by atomic mass is 16.5. The lowest BCUT2D eigenvalue weighted by molar-refractivity contribution is -0.150. The van der Waals surface area contributed by atoms with Gasteiger partial charge in [0, 0.05) is 6.04 Å². The fraction of sp³-hybridized carbons (Fsp3) is 0.750. The number of rotatable bonds is 2. The number of nitriles is 1. The van der Waals surface area contributed by atoms with Crippen molar-refractivity contribution in [2.75, 3.05) is 13.2 Å². The van der Waals surface area contributed by atoms with Crippen molar-refractivity contribution < 1.29 is 9.53 Å². The maximum atomic E-state index is 11.4. The molecule has 0 bridgehead atoms. The zero-order valence-electron chi connectivity index (χ0n) is 6.67. The van der Waals surface area contributed by atoms with Crippen LogP contribution in [0.3, 0.4) is 0 Å². The van der Waals surface area contributed by atoms with Gasteiger partial charge in [-0.3, -0.25) is 4.79 Å². The van der Waals surface area contributed by atoms with E-state index in [1.54, 1.807) is 0 Å². The summed E-state index contributed by atoms with van der Waals surface area (Å²) in [5, 5.41) is 11.6. The molecule has 1 aliphatic heterocycles. The Morgan fingerprint density at radius 2 is 2.25 bits per heavy atom. The fourth-order valence-electron chi connectivity index (χ4n) is 1.10. The molecule has 0 aromatic rings. The highest BCUT2D eigenvalue weighted by molar-refractivity contribution is 5.87. The zero-order valence-corrected chi connectivity index (χ0v) is 6.67. The summed E-state index contributed by atoms with van der Waals surface area (Å²) in [6.45, 7) is 0.504. The minimum Gasteiger partial charge on any atom is -0.377 e. The first-order chi connectivity index (χ1) is 5.77. The van der Waals surface area contributed by atoms with Crippen molar-refractivity contribution in [2.24, 2.45) is 5.41 Å². The van der Waals surface area contributed by atoms with Crippen LogP contribution in [0.5, 0.6) is 0 Å². The molecule has 1 saturated carbocycles. The maximum absolute atomic E-state index is 11.4. The van der Waals surface area contributed by atoms with Crippen LogP contribution in [-0.4, -0.2) is 25.2 Å². The zero-order chi connectivity index (χ0) is 8.60. The Labute approximate surface area is 70.5 Å². The molecule has 12 heavy (non-hydrogen) atoms. The first kappa shape index (κ1) is 7.56.